The van der Waals surface area contributed by atoms with Crippen molar-refractivity contribution >= 4 is 7.32 Å². The Labute approximate surface area is 248 Å². The van der Waals surface area contributed by atoms with E-state index >= 15 is 4.39 Å². The quantitative estimate of drug-likeness (QED) is 0.0604. The van der Waals surface area contributed by atoms with Crippen LogP contribution >= 0.6 is 0 Å². The molecule has 40 heavy (non-hydrogen) atoms. The summed E-state index contributed by atoms with van der Waals surface area (Å²) in [5, 5.41) is 0. The highest BCUT2D eigenvalue weighted by molar-refractivity contribution is 6.37. The van der Waals surface area contributed by atoms with Crippen molar-refractivity contribution in [2.24, 2.45) is 0 Å². The first-order valence-corrected chi connectivity index (χ1v) is 17.1. The first-order chi connectivity index (χ1) is 19.5. The number of hydrogen-bond acceptors (Lipinski definition) is 3. The molecule has 1 unspecified atom stereocenters. The predicted molar refractivity (Wildman–Crippen MR) is 170 cm³/mol. The van der Waals surface area contributed by atoms with Crippen LogP contribution in [0, 0.1) is 5.82 Å². The van der Waals surface area contributed by atoms with Crippen LogP contribution in [0.1, 0.15) is 156 Å². The lowest BCUT2D eigenvalue weighted by Gasteiger charge is -2.46. The summed E-state index contributed by atoms with van der Waals surface area (Å²) in [6, 6.07) is 5.38. The fourth-order valence-electron chi connectivity index (χ4n) is 5.77. The molecule has 0 amide bonds. The smallest absolute Gasteiger partial charge is 0.511 e. The Morgan fingerprint density at radius 2 is 1.15 bits per heavy atom. The van der Waals surface area contributed by atoms with Gasteiger partial charge in [-0.2, -0.15) is 0 Å². The van der Waals surface area contributed by atoms with Crippen molar-refractivity contribution in [2.45, 2.75) is 150 Å². The molecule has 0 saturated heterocycles. The zero-order valence-corrected chi connectivity index (χ0v) is 27.3. The predicted octanol–water partition coefficient (Wildman–Crippen LogP) is 10.4. The normalized spacial score (nSPS) is 12.6. The number of quaternary nitrogens is 1. The van der Waals surface area contributed by atoms with Crippen molar-refractivity contribution < 1.29 is 22.8 Å². The number of hydrogen-bond donors (Lipinski definition) is 0. The average Bonchev–Trinajstić information content (AvgIpc) is 2.96. The van der Waals surface area contributed by atoms with Gasteiger partial charge in [-0.15, -0.1) is 0 Å². The second-order valence-corrected chi connectivity index (χ2v) is 11.7. The van der Waals surface area contributed by atoms with Gasteiger partial charge >= 0.3 is 7.32 Å². The summed E-state index contributed by atoms with van der Waals surface area (Å²) >= 11 is 0. The molecule has 0 aliphatic carbocycles. The summed E-state index contributed by atoms with van der Waals surface area (Å²) in [6.45, 7) is 17.9. The highest BCUT2D eigenvalue weighted by Gasteiger charge is 2.40. The molecule has 0 N–H and O–H groups in total. The maximum absolute atomic E-state index is 16.0. The summed E-state index contributed by atoms with van der Waals surface area (Å²) in [6.07, 6.45) is 17.9. The van der Waals surface area contributed by atoms with Crippen molar-refractivity contribution in [3.05, 3.63) is 29.6 Å². The van der Waals surface area contributed by atoms with E-state index in [1.165, 1.54) is 25.7 Å². The molecule has 1 rings (SSSR count). The van der Waals surface area contributed by atoms with Crippen LogP contribution in [0.5, 0.6) is 5.75 Å². The number of halogens is 1. The zero-order valence-electron chi connectivity index (χ0n) is 27.3. The van der Waals surface area contributed by atoms with E-state index in [2.05, 4.69) is 41.5 Å². The summed E-state index contributed by atoms with van der Waals surface area (Å²) in [5.74, 6) is 0.435. The van der Waals surface area contributed by atoms with Crippen LogP contribution in [-0.4, -0.2) is 44.7 Å². The van der Waals surface area contributed by atoms with Gasteiger partial charge in [0.15, 0.2) is 0 Å². The highest BCUT2D eigenvalue weighted by Crippen LogP contribution is 2.41. The topological polar surface area (TPSA) is 27.7 Å². The average molecular weight is 565 g/mol. The molecular weight excluding hydrogens is 500 g/mol. The number of nitrogens with zero attached hydrogens (tertiary/aromatic N) is 1. The lowest BCUT2D eigenvalue weighted by Crippen LogP contribution is -2.53. The Hall–Kier alpha value is -1.11. The van der Waals surface area contributed by atoms with E-state index in [-0.39, 0.29) is 11.9 Å². The molecule has 0 aromatic heterocycles. The van der Waals surface area contributed by atoms with E-state index in [0.29, 0.717) is 19.0 Å². The molecule has 1 atom stereocenters. The molecule has 1 aromatic rings. The molecule has 0 bridgehead atoms. The Morgan fingerprint density at radius 3 is 1.60 bits per heavy atom. The van der Waals surface area contributed by atoms with Gasteiger partial charge in [0.25, 0.3) is 0 Å². The maximum Gasteiger partial charge on any atom is 0.713 e. The van der Waals surface area contributed by atoms with Crippen LogP contribution in [0.3, 0.4) is 0 Å². The van der Waals surface area contributed by atoms with Gasteiger partial charge in [0, 0.05) is 19.6 Å². The fraction of sp³-hybridized carbons (Fsp3) is 0.824. The van der Waals surface area contributed by atoms with Crippen molar-refractivity contribution in [2.75, 3.05) is 32.8 Å². The lowest BCUT2D eigenvalue weighted by atomic mass is 9.93. The van der Waals surface area contributed by atoms with Gasteiger partial charge in [-0.25, -0.2) is 4.39 Å². The second-order valence-electron chi connectivity index (χ2n) is 11.7. The van der Waals surface area contributed by atoms with Crippen molar-refractivity contribution in [3.8, 4) is 5.75 Å². The molecule has 0 saturated carbocycles. The third kappa shape index (κ3) is 13.7. The summed E-state index contributed by atoms with van der Waals surface area (Å²) < 4.78 is 35.7. The van der Waals surface area contributed by atoms with Crippen molar-refractivity contribution in [3.63, 3.8) is 0 Å². The van der Waals surface area contributed by atoms with Gasteiger partial charge in [0.1, 0.15) is 17.6 Å². The van der Waals surface area contributed by atoms with Gasteiger partial charge in [0.2, 0.25) is 0 Å². The van der Waals surface area contributed by atoms with E-state index in [0.717, 1.165) is 107 Å². The standard InChI is InChI=1S/C34H64BFNO3/c1-7-13-18-20-29-38-35(39-30-21-19-14-8-2)40-33-25-22-24-31(36)34(33)32(23-12-6)37(26-15-9-3,27-16-10-4)28-17-11-5/h22,24-25,32H,7-21,23,26-30H2,1-6H3/q+1. The van der Waals surface area contributed by atoms with Gasteiger partial charge in [-0.1, -0.05) is 112 Å². The van der Waals surface area contributed by atoms with Gasteiger partial charge in [-0.3, -0.25) is 0 Å². The highest BCUT2D eigenvalue weighted by atomic mass is 19.1. The molecule has 0 radical (unpaired) electrons. The van der Waals surface area contributed by atoms with Gasteiger partial charge in [0.05, 0.1) is 25.2 Å². The van der Waals surface area contributed by atoms with Crippen LogP contribution in [0.4, 0.5) is 4.39 Å². The van der Waals surface area contributed by atoms with E-state index in [1.807, 2.05) is 6.07 Å². The Morgan fingerprint density at radius 1 is 0.650 bits per heavy atom. The zero-order chi connectivity index (χ0) is 29.5. The fourth-order valence-corrected chi connectivity index (χ4v) is 5.77. The number of benzene rings is 1. The lowest BCUT2D eigenvalue weighted by molar-refractivity contribution is -0.958. The Kier molecular flexibility index (Phi) is 21.7. The van der Waals surface area contributed by atoms with Gasteiger partial charge < -0.3 is 18.4 Å². The van der Waals surface area contributed by atoms with E-state index in [9.17, 15) is 0 Å². The summed E-state index contributed by atoms with van der Waals surface area (Å²) in [4.78, 5) is 0. The van der Waals surface area contributed by atoms with Crippen LogP contribution in [0.2, 0.25) is 0 Å². The maximum atomic E-state index is 16.0. The third-order valence-corrected chi connectivity index (χ3v) is 8.17. The van der Waals surface area contributed by atoms with Crippen molar-refractivity contribution in [1.82, 2.24) is 0 Å². The second kappa shape index (κ2) is 23.5. The minimum atomic E-state index is -0.810. The monoisotopic (exact) mass is 564 g/mol. The van der Waals surface area contributed by atoms with E-state index < -0.39 is 7.32 Å². The first kappa shape index (κ1) is 36.9. The molecule has 0 spiro atoms. The van der Waals surface area contributed by atoms with E-state index in [4.69, 9.17) is 14.0 Å². The third-order valence-electron chi connectivity index (χ3n) is 8.17. The Balaban J connectivity index is 3.38. The molecule has 0 fully saturated rings. The first-order valence-electron chi connectivity index (χ1n) is 17.1. The minimum absolute atomic E-state index is 0.0561. The molecule has 0 aliphatic rings. The molecule has 0 aliphatic heterocycles. The number of rotatable bonds is 27. The molecule has 232 valence electrons. The molecular formula is C34H64BFNO3+. The van der Waals surface area contributed by atoms with Crippen LogP contribution < -0.4 is 4.65 Å². The van der Waals surface area contributed by atoms with Gasteiger partial charge in [-0.05, 0) is 44.2 Å². The van der Waals surface area contributed by atoms with E-state index in [1.54, 1.807) is 12.1 Å². The largest absolute Gasteiger partial charge is 0.713 e. The summed E-state index contributed by atoms with van der Waals surface area (Å²) in [5.41, 5.74) is 0.724. The molecule has 4 nitrogen and oxygen atoms in total. The number of unbranched alkanes of at least 4 members (excludes halogenated alkanes) is 9. The molecule has 1 aromatic carbocycles. The molecule has 6 heteroatoms. The summed E-state index contributed by atoms with van der Waals surface area (Å²) in [7, 11) is -0.810. The van der Waals surface area contributed by atoms with Crippen LogP contribution in [0.25, 0.3) is 0 Å². The van der Waals surface area contributed by atoms with Crippen LogP contribution in [0.15, 0.2) is 18.2 Å². The van der Waals surface area contributed by atoms with Crippen molar-refractivity contribution in [1.29, 1.82) is 0 Å². The Bertz CT molecular complexity index is 699. The van der Waals surface area contributed by atoms with Crippen LogP contribution in [-0.2, 0) is 9.31 Å². The minimum Gasteiger partial charge on any atom is -0.511 e. The SMILES string of the molecule is CCCCCCOB(OCCCCCC)Oc1cccc(F)c1C(CCC)[N+](CCCC)(CCCC)CCCC. The molecule has 0 heterocycles.